The van der Waals surface area contributed by atoms with Crippen molar-refractivity contribution in [2.45, 2.75) is 62.6 Å². The molecule has 2 aliphatic carbocycles. The minimum atomic E-state index is 0.420. The van der Waals surface area contributed by atoms with Crippen LogP contribution >= 0.6 is 0 Å². The van der Waals surface area contributed by atoms with Gasteiger partial charge < -0.3 is 4.74 Å². The summed E-state index contributed by atoms with van der Waals surface area (Å²) in [5.74, 6) is 0. The average molecular weight is 152 g/mol. The van der Waals surface area contributed by atoms with E-state index in [2.05, 4.69) is 0 Å². The van der Waals surface area contributed by atoms with Gasteiger partial charge in [0.05, 0.1) is 11.2 Å². The summed E-state index contributed by atoms with van der Waals surface area (Å²) in [5.41, 5.74) is 0.840. The van der Waals surface area contributed by atoms with Crippen molar-refractivity contribution >= 4 is 0 Å². The van der Waals surface area contributed by atoms with Crippen LogP contribution in [-0.4, -0.2) is 11.2 Å². The normalized spacial score (nSPS) is 54.5. The Morgan fingerprint density at radius 2 is 1.00 bits per heavy atom. The SMILES string of the molecule is C1CCC23CCCCC2(C1)O3. The molecule has 0 N–H and O–H groups in total. The molecule has 3 rings (SSSR count). The molecule has 62 valence electrons. The predicted molar refractivity (Wildman–Crippen MR) is 43.5 cm³/mol. The van der Waals surface area contributed by atoms with Crippen molar-refractivity contribution in [3.05, 3.63) is 0 Å². The van der Waals surface area contributed by atoms with E-state index < -0.39 is 0 Å². The maximum absolute atomic E-state index is 6.01. The molecule has 0 aromatic heterocycles. The highest BCUT2D eigenvalue weighted by atomic mass is 16.6. The number of rotatable bonds is 0. The quantitative estimate of drug-likeness (QED) is 0.486. The van der Waals surface area contributed by atoms with E-state index in [4.69, 9.17) is 4.74 Å². The van der Waals surface area contributed by atoms with Gasteiger partial charge in [0.2, 0.25) is 0 Å². The van der Waals surface area contributed by atoms with E-state index in [1.807, 2.05) is 0 Å². The van der Waals surface area contributed by atoms with Gasteiger partial charge in [0.25, 0.3) is 0 Å². The summed E-state index contributed by atoms with van der Waals surface area (Å²) in [6.45, 7) is 0. The Labute approximate surface area is 68.1 Å². The van der Waals surface area contributed by atoms with Crippen molar-refractivity contribution in [2.24, 2.45) is 0 Å². The topological polar surface area (TPSA) is 12.5 Å². The van der Waals surface area contributed by atoms with Crippen molar-refractivity contribution in [1.82, 2.24) is 0 Å². The van der Waals surface area contributed by atoms with Crippen LogP contribution in [0.3, 0.4) is 0 Å². The Hall–Kier alpha value is -0.0400. The molecule has 1 aliphatic heterocycles. The molecule has 0 atom stereocenters. The van der Waals surface area contributed by atoms with E-state index in [1.54, 1.807) is 0 Å². The molecule has 3 aliphatic rings. The Kier molecular flexibility index (Phi) is 1.07. The van der Waals surface area contributed by atoms with Gasteiger partial charge >= 0.3 is 0 Å². The van der Waals surface area contributed by atoms with E-state index >= 15 is 0 Å². The van der Waals surface area contributed by atoms with Crippen molar-refractivity contribution in [2.75, 3.05) is 0 Å². The fourth-order valence-corrected chi connectivity index (χ4v) is 3.36. The Balaban J connectivity index is 1.89. The summed E-state index contributed by atoms with van der Waals surface area (Å²) in [6.07, 6.45) is 11.1. The molecule has 0 bridgehead atoms. The molecule has 1 heterocycles. The van der Waals surface area contributed by atoms with Crippen LogP contribution in [0.1, 0.15) is 51.4 Å². The third-order valence-corrected chi connectivity index (χ3v) is 4.00. The fourth-order valence-electron chi connectivity index (χ4n) is 3.36. The third kappa shape index (κ3) is 0.658. The molecule has 3 fully saturated rings. The summed E-state index contributed by atoms with van der Waals surface area (Å²) in [4.78, 5) is 0. The van der Waals surface area contributed by atoms with Crippen molar-refractivity contribution in [1.29, 1.82) is 0 Å². The third-order valence-electron chi connectivity index (χ3n) is 4.00. The van der Waals surface area contributed by atoms with Gasteiger partial charge in [-0.15, -0.1) is 0 Å². The number of hydrogen-bond donors (Lipinski definition) is 0. The van der Waals surface area contributed by atoms with Crippen molar-refractivity contribution < 1.29 is 4.74 Å². The zero-order valence-corrected chi connectivity index (χ0v) is 7.07. The van der Waals surface area contributed by atoms with Gasteiger partial charge in [0.1, 0.15) is 0 Å². The van der Waals surface area contributed by atoms with Crippen LogP contribution in [0.4, 0.5) is 0 Å². The van der Waals surface area contributed by atoms with Gasteiger partial charge in [-0.1, -0.05) is 25.7 Å². The summed E-state index contributed by atoms with van der Waals surface area (Å²) in [7, 11) is 0. The zero-order chi connectivity index (χ0) is 7.36. The van der Waals surface area contributed by atoms with Crippen LogP contribution in [0.5, 0.6) is 0 Å². The molecule has 1 saturated heterocycles. The standard InChI is InChI=1S/C10H16O/c1-2-6-10-8-4-3-7-9(10,5-1)11-10/h1-8H2. The molecule has 2 saturated carbocycles. The molecule has 0 aromatic carbocycles. The molecule has 0 spiro atoms. The first-order valence-electron chi connectivity index (χ1n) is 5.07. The highest BCUT2D eigenvalue weighted by Gasteiger charge is 2.69. The number of ether oxygens (including phenoxy) is 1. The Bertz CT molecular complexity index is 153. The van der Waals surface area contributed by atoms with Crippen LogP contribution in [0.15, 0.2) is 0 Å². The van der Waals surface area contributed by atoms with Crippen molar-refractivity contribution in [3.8, 4) is 0 Å². The second-order valence-corrected chi connectivity index (χ2v) is 4.50. The lowest BCUT2D eigenvalue weighted by Gasteiger charge is -2.28. The highest BCUT2D eigenvalue weighted by molar-refractivity contribution is 5.19. The van der Waals surface area contributed by atoms with Gasteiger partial charge in [-0.3, -0.25) is 0 Å². The van der Waals surface area contributed by atoms with Gasteiger partial charge in [-0.2, -0.15) is 0 Å². The molecule has 0 unspecified atom stereocenters. The summed E-state index contributed by atoms with van der Waals surface area (Å²) in [6, 6.07) is 0. The maximum atomic E-state index is 6.01. The minimum absolute atomic E-state index is 0.420. The Morgan fingerprint density at radius 3 is 1.36 bits per heavy atom. The second-order valence-electron chi connectivity index (χ2n) is 4.50. The minimum Gasteiger partial charge on any atom is -0.363 e. The zero-order valence-electron chi connectivity index (χ0n) is 7.07. The van der Waals surface area contributed by atoms with E-state index in [-0.39, 0.29) is 0 Å². The van der Waals surface area contributed by atoms with E-state index in [9.17, 15) is 0 Å². The van der Waals surface area contributed by atoms with Crippen molar-refractivity contribution in [3.63, 3.8) is 0 Å². The van der Waals surface area contributed by atoms with Crippen LogP contribution in [-0.2, 0) is 4.74 Å². The second kappa shape index (κ2) is 1.82. The maximum Gasteiger partial charge on any atom is 0.0980 e. The molecule has 0 amide bonds. The largest absolute Gasteiger partial charge is 0.363 e. The lowest BCUT2D eigenvalue weighted by Crippen LogP contribution is -2.32. The van der Waals surface area contributed by atoms with Crippen LogP contribution in [0.25, 0.3) is 0 Å². The predicted octanol–water partition coefficient (Wildman–Crippen LogP) is 2.64. The molecule has 0 aromatic rings. The van der Waals surface area contributed by atoms with Crippen LogP contribution in [0.2, 0.25) is 0 Å². The summed E-state index contributed by atoms with van der Waals surface area (Å²) in [5, 5.41) is 0. The Morgan fingerprint density at radius 1 is 0.636 bits per heavy atom. The monoisotopic (exact) mass is 152 g/mol. The van der Waals surface area contributed by atoms with E-state index in [0.29, 0.717) is 11.2 Å². The van der Waals surface area contributed by atoms with Gasteiger partial charge in [0, 0.05) is 0 Å². The lowest BCUT2D eigenvalue weighted by atomic mass is 9.71. The van der Waals surface area contributed by atoms with Gasteiger partial charge in [-0.25, -0.2) is 0 Å². The number of hydrogen-bond acceptors (Lipinski definition) is 1. The molecule has 11 heavy (non-hydrogen) atoms. The fraction of sp³-hybridized carbons (Fsp3) is 1.00. The molecular weight excluding hydrogens is 136 g/mol. The summed E-state index contributed by atoms with van der Waals surface area (Å²) < 4.78 is 6.01. The van der Waals surface area contributed by atoms with E-state index in [0.717, 1.165) is 0 Å². The van der Waals surface area contributed by atoms with Gasteiger partial charge in [0.15, 0.2) is 0 Å². The molecule has 0 radical (unpaired) electrons. The average Bonchev–Trinajstić information content (AvgIpc) is 2.72. The van der Waals surface area contributed by atoms with Crippen LogP contribution in [0, 0.1) is 0 Å². The van der Waals surface area contributed by atoms with E-state index in [1.165, 1.54) is 51.4 Å². The molecule has 1 heteroatoms. The number of epoxide rings is 1. The highest BCUT2D eigenvalue weighted by Crippen LogP contribution is 2.64. The smallest absolute Gasteiger partial charge is 0.0980 e. The molecule has 1 nitrogen and oxygen atoms in total. The first-order chi connectivity index (χ1) is 5.37. The summed E-state index contributed by atoms with van der Waals surface area (Å²) >= 11 is 0. The first-order valence-corrected chi connectivity index (χ1v) is 5.07. The van der Waals surface area contributed by atoms with Crippen LogP contribution < -0.4 is 0 Å². The lowest BCUT2D eigenvalue weighted by molar-refractivity contribution is 0.264. The first kappa shape index (κ1) is 6.47. The van der Waals surface area contributed by atoms with Gasteiger partial charge in [-0.05, 0) is 25.7 Å². The molecular formula is C10H16O.